The summed E-state index contributed by atoms with van der Waals surface area (Å²) in [5.41, 5.74) is 6.50. The van der Waals surface area contributed by atoms with Crippen molar-refractivity contribution >= 4 is 27.9 Å². The number of hydrogen-bond acceptors (Lipinski definition) is 2. The van der Waals surface area contributed by atoms with Gasteiger partial charge < -0.3 is 0 Å². The molecule has 3 aromatic rings. The molecule has 0 aliphatic heterocycles. The SMILES string of the molecule is ClCc1cn2c(-c3ccc4c(c3)CCCC4)csc2n1. The summed E-state index contributed by atoms with van der Waals surface area (Å²) in [6, 6.07) is 6.90. The van der Waals surface area contributed by atoms with Crippen LogP contribution in [0.25, 0.3) is 16.2 Å². The molecule has 0 spiro atoms. The fourth-order valence-corrected chi connectivity index (χ4v) is 4.03. The first-order valence-electron chi connectivity index (χ1n) is 6.99. The minimum atomic E-state index is 0.470. The minimum Gasteiger partial charge on any atom is -0.290 e. The second kappa shape index (κ2) is 4.90. The molecule has 0 radical (unpaired) electrons. The quantitative estimate of drug-likeness (QED) is 0.628. The third-order valence-corrected chi connectivity index (χ3v) is 5.15. The average molecular weight is 303 g/mol. The van der Waals surface area contributed by atoms with Crippen LogP contribution in [0.2, 0.25) is 0 Å². The van der Waals surface area contributed by atoms with Crippen molar-refractivity contribution in [3.8, 4) is 11.3 Å². The van der Waals surface area contributed by atoms with Gasteiger partial charge in [0, 0.05) is 11.6 Å². The Bertz CT molecular complexity index is 772. The van der Waals surface area contributed by atoms with Crippen molar-refractivity contribution < 1.29 is 0 Å². The molecule has 1 aliphatic carbocycles. The normalized spacial score (nSPS) is 14.7. The molecule has 0 amide bonds. The van der Waals surface area contributed by atoms with E-state index in [1.54, 1.807) is 11.3 Å². The van der Waals surface area contributed by atoms with E-state index in [2.05, 4.69) is 33.0 Å². The van der Waals surface area contributed by atoms with Crippen molar-refractivity contribution in [2.24, 2.45) is 0 Å². The average Bonchev–Trinajstić information content (AvgIpc) is 3.06. The maximum absolute atomic E-state index is 5.88. The van der Waals surface area contributed by atoms with Gasteiger partial charge >= 0.3 is 0 Å². The van der Waals surface area contributed by atoms with E-state index in [1.165, 1.54) is 48.1 Å². The van der Waals surface area contributed by atoms with E-state index in [9.17, 15) is 0 Å². The summed E-state index contributed by atoms with van der Waals surface area (Å²) >= 11 is 7.55. The van der Waals surface area contributed by atoms with Crippen LogP contribution in [0, 0.1) is 0 Å². The van der Waals surface area contributed by atoms with Crippen molar-refractivity contribution in [3.63, 3.8) is 0 Å². The Balaban J connectivity index is 1.83. The van der Waals surface area contributed by atoms with Crippen LogP contribution in [0.15, 0.2) is 29.8 Å². The molecule has 0 unspecified atom stereocenters. The number of imidazole rings is 1. The van der Waals surface area contributed by atoms with E-state index >= 15 is 0 Å². The van der Waals surface area contributed by atoms with Crippen molar-refractivity contribution in [2.75, 3.05) is 0 Å². The van der Waals surface area contributed by atoms with Crippen LogP contribution in [0.3, 0.4) is 0 Å². The lowest BCUT2D eigenvalue weighted by Crippen LogP contribution is -2.02. The summed E-state index contributed by atoms with van der Waals surface area (Å²) in [6.45, 7) is 0. The Labute approximate surface area is 127 Å². The van der Waals surface area contributed by atoms with Gasteiger partial charge in [0.05, 0.1) is 17.3 Å². The van der Waals surface area contributed by atoms with E-state index in [0.29, 0.717) is 5.88 Å². The first-order valence-corrected chi connectivity index (χ1v) is 8.40. The number of aryl methyl sites for hydroxylation is 2. The van der Waals surface area contributed by atoms with E-state index < -0.39 is 0 Å². The van der Waals surface area contributed by atoms with Gasteiger partial charge in [-0.1, -0.05) is 12.1 Å². The second-order valence-electron chi connectivity index (χ2n) is 5.33. The molecule has 0 N–H and O–H groups in total. The van der Waals surface area contributed by atoms with Crippen molar-refractivity contribution in [3.05, 3.63) is 46.6 Å². The summed E-state index contributed by atoms with van der Waals surface area (Å²) in [4.78, 5) is 5.54. The van der Waals surface area contributed by atoms with Crippen molar-refractivity contribution in [1.82, 2.24) is 9.38 Å². The van der Waals surface area contributed by atoms with Crippen LogP contribution >= 0.6 is 22.9 Å². The molecule has 2 aromatic heterocycles. The Hall–Kier alpha value is -1.32. The molecule has 4 heteroatoms. The summed E-state index contributed by atoms with van der Waals surface area (Å²) in [5, 5.41) is 2.19. The molecule has 4 rings (SSSR count). The molecule has 1 aromatic carbocycles. The van der Waals surface area contributed by atoms with Crippen molar-refractivity contribution in [1.29, 1.82) is 0 Å². The third-order valence-electron chi connectivity index (χ3n) is 4.04. The Kier molecular flexibility index (Phi) is 3.04. The number of thiazole rings is 1. The van der Waals surface area contributed by atoms with E-state index in [4.69, 9.17) is 11.6 Å². The fraction of sp³-hybridized carbons (Fsp3) is 0.312. The number of rotatable bonds is 2. The Morgan fingerprint density at radius 2 is 2.05 bits per heavy atom. The van der Waals surface area contributed by atoms with Gasteiger partial charge in [0.15, 0.2) is 4.96 Å². The van der Waals surface area contributed by atoms with Crippen LogP contribution < -0.4 is 0 Å². The Morgan fingerprint density at radius 1 is 1.20 bits per heavy atom. The molecule has 0 atom stereocenters. The number of fused-ring (bicyclic) bond motifs is 2. The van der Waals surface area contributed by atoms with Gasteiger partial charge in [-0.2, -0.15) is 0 Å². The second-order valence-corrected chi connectivity index (χ2v) is 6.43. The lowest BCUT2D eigenvalue weighted by Gasteiger charge is -2.16. The van der Waals surface area contributed by atoms with Crippen LogP contribution in [0.1, 0.15) is 29.7 Å². The number of halogens is 1. The molecule has 0 bridgehead atoms. The molecular formula is C16H15ClN2S. The third kappa shape index (κ3) is 1.97. The van der Waals surface area contributed by atoms with E-state index in [0.717, 1.165) is 10.7 Å². The highest BCUT2D eigenvalue weighted by Gasteiger charge is 2.13. The largest absolute Gasteiger partial charge is 0.290 e. The van der Waals surface area contributed by atoms with Gasteiger partial charge in [-0.25, -0.2) is 4.98 Å². The molecule has 2 heterocycles. The molecule has 0 saturated carbocycles. The predicted octanol–water partition coefficient (Wildman–Crippen LogP) is 4.68. The molecule has 20 heavy (non-hydrogen) atoms. The zero-order valence-electron chi connectivity index (χ0n) is 11.1. The molecule has 0 fully saturated rings. The summed E-state index contributed by atoms with van der Waals surface area (Å²) in [6.07, 6.45) is 7.14. The van der Waals surface area contributed by atoms with Crippen LogP contribution in [0.4, 0.5) is 0 Å². The summed E-state index contributed by atoms with van der Waals surface area (Å²) in [7, 11) is 0. The highest BCUT2D eigenvalue weighted by molar-refractivity contribution is 7.15. The number of aromatic nitrogens is 2. The number of benzene rings is 1. The summed E-state index contributed by atoms with van der Waals surface area (Å²) in [5.74, 6) is 0.470. The maximum Gasteiger partial charge on any atom is 0.194 e. The topological polar surface area (TPSA) is 17.3 Å². The smallest absolute Gasteiger partial charge is 0.194 e. The van der Waals surface area contributed by atoms with Gasteiger partial charge in [-0.05, 0) is 48.4 Å². The highest BCUT2D eigenvalue weighted by atomic mass is 35.5. The predicted molar refractivity (Wildman–Crippen MR) is 84.7 cm³/mol. The molecule has 2 nitrogen and oxygen atoms in total. The lowest BCUT2D eigenvalue weighted by atomic mass is 9.90. The number of nitrogens with zero attached hydrogens (tertiary/aromatic N) is 2. The van der Waals surface area contributed by atoms with Crippen LogP contribution in [-0.4, -0.2) is 9.38 Å². The van der Waals surface area contributed by atoms with E-state index in [1.807, 2.05) is 6.20 Å². The monoisotopic (exact) mass is 302 g/mol. The molecular weight excluding hydrogens is 288 g/mol. The van der Waals surface area contributed by atoms with Gasteiger partial charge in [-0.15, -0.1) is 22.9 Å². The zero-order valence-corrected chi connectivity index (χ0v) is 12.7. The lowest BCUT2D eigenvalue weighted by molar-refractivity contribution is 0.686. The molecule has 0 saturated heterocycles. The molecule has 1 aliphatic rings. The van der Waals surface area contributed by atoms with Crippen LogP contribution in [-0.2, 0) is 18.7 Å². The van der Waals surface area contributed by atoms with Gasteiger partial charge in [0.1, 0.15) is 0 Å². The number of alkyl halides is 1. The number of hydrogen-bond donors (Lipinski definition) is 0. The fourth-order valence-electron chi connectivity index (χ4n) is 3.00. The van der Waals surface area contributed by atoms with Crippen LogP contribution in [0.5, 0.6) is 0 Å². The summed E-state index contributed by atoms with van der Waals surface area (Å²) < 4.78 is 2.16. The van der Waals surface area contributed by atoms with Gasteiger partial charge in [0.2, 0.25) is 0 Å². The first kappa shape index (κ1) is 12.4. The van der Waals surface area contributed by atoms with Gasteiger partial charge in [-0.3, -0.25) is 4.40 Å². The first-order chi connectivity index (χ1) is 9.85. The zero-order chi connectivity index (χ0) is 13.5. The van der Waals surface area contributed by atoms with E-state index in [-0.39, 0.29) is 0 Å². The highest BCUT2D eigenvalue weighted by Crippen LogP contribution is 2.30. The molecule has 102 valence electrons. The maximum atomic E-state index is 5.88. The van der Waals surface area contributed by atoms with Crippen molar-refractivity contribution in [2.45, 2.75) is 31.6 Å². The van der Waals surface area contributed by atoms with Gasteiger partial charge in [0.25, 0.3) is 0 Å². The Morgan fingerprint density at radius 3 is 2.90 bits per heavy atom. The minimum absolute atomic E-state index is 0.470. The standard InChI is InChI=1S/C16H15ClN2S/c17-8-14-9-19-15(10-20-16(19)18-14)13-6-5-11-3-1-2-4-12(11)7-13/h5-7,9-10H,1-4,8H2.